The molecule has 9 heavy (non-hydrogen) atoms. The fraction of sp³-hybridized carbons (Fsp3) is 1.00. The summed E-state index contributed by atoms with van der Waals surface area (Å²) in [6.45, 7) is 2.84. The van der Waals surface area contributed by atoms with Gasteiger partial charge in [-0.25, -0.2) is 0 Å². The lowest BCUT2D eigenvalue weighted by Crippen LogP contribution is -3.10. The molecule has 1 aliphatic heterocycles. The van der Waals surface area contributed by atoms with Gasteiger partial charge in [0.15, 0.2) is 0 Å². The molecule has 2 unspecified atom stereocenters. The van der Waals surface area contributed by atoms with Gasteiger partial charge in [-0.05, 0) is 12.8 Å². The Morgan fingerprint density at radius 3 is 2.89 bits per heavy atom. The molecule has 2 nitrogen and oxygen atoms in total. The van der Waals surface area contributed by atoms with Gasteiger partial charge in [0.05, 0.1) is 26.7 Å². The number of quaternary nitrogens is 1. The van der Waals surface area contributed by atoms with E-state index >= 15 is 0 Å². The van der Waals surface area contributed by atoms with Crippen LogP contribution in [0.25, 0.3) is 0 Å². The van der Waals surface area contributed by atoms with Crippen molar-refractivity contribution in [3.8, 4) is 0 Å². The summed E-state index contributed by atoms with van der Waals surface area (Å²) in [7, 11) is 2.20. The van der Waals surface area contributed by atoms with Crippen molar-refractivity contribution < 1.29 is 10.0 Å². The maximum Gasteiger partial charge on any atom is 0.0819 e. The largest absolute Gasteiger partial charge is 0.396 e. The van der Waals surface area contributed by atoms with Crippen molar-refractivity contribution in [2.45, 2.75) is 12.8 Å². The lowest BCUT2D eigenvalue weighted by atomic mass is 10.00. The first kappa shape index (κ1) is 7.03. The summed E-state index contributed by atoms with van der Waals surface area (Å²) in [5.74, 6) is 0.582. The minimum Gasteiger partial charge on any atom is -0.396 e. The number of hydrogen-bond acceptors (Lipinski definition) is 1. The van der Waals surface area contributed by atoms with Crippen LogP contribution in [0.4, 0.5) is 0 Å². The Morgan fingerprint density at radius 1 is 1.67 bits per heavy atom. The number of hydrogen-bond donors (Lipinski definition) is 2. The third-order valence-corrected chi connectivity index (χ3v) is 2.11. The quantitative estimate of drug-likeness (QED) is 0.463. The Kier molecular flexibility index (Phi) is 2.49. The summed E-state index contributed by atoms with van der Waals surface area (Å²) in [6.07, 6.45) is 2.52. The molecule has 0 aliphatic carbocycles. The molecule has 2 heteroatoms. The smallest absolute Gasteiger partial charge is 0.0819 e. The number of likely N-dealkylation sites (tertiary alicyclic amines) is 1. The summed E-state index contributed by atoms with van der Waals surface area (Å²) in [5, 5.41) is 8.80. The molecule has 0 bridgehead atoms. The van der Waals surface area contributed by atoms with Crippen molar-refractivity contribution in [1.82, 2.24) is 0 Å². The summed E-state index contributed by atoms with van der Waals surface area (Å²) < 4.78 is 0. The molecule has 1 saturated heterocycles. The van der Waals surface area contributed by atoms with Crippen LogP contribution in [0.3, 0.4) is 0 Å². The molecule has 1 fully saturated rings. The van der Waals surface area contributed by atoms with Gasteiger partial charge in [-0.15, -0.1) is 0 Å². The molecular formula is C7H16NO+. The fourth-order valence-electron chi connectivity index (χ4n) is 1.55. The zero-order valence-corrected chi connectivity index (χ0v) is 6.06. The summed E-state index contributed by atoms with van der Waals surface area (Å²) >= 11 is 0. The van der Waals surface area contributed by atoms with E-state index in [4.69, 9.17) is 5.11 Å². The van der Waals surface area contributed by atoms with Gasteiger partial charge in [-0.2, -0.15) is 0 Å². The van der Waals surface area contributed by atoms with Gasteiger partial charge >= 0.3 is 0 Å². The molecule has 0 aromatic carbocycles. The van der Waals surface area contributed by atoms with Crippen LogP contribution >= 0.6 is 0 Å². The third-order valence-electron chi connectivity index (χ3n) is 2.11. The van der Waals surface area contributed by atoms with Crippen molar-refractivity contribution in [2.24, 2.45) is 5.92 Å². The first-order valence-electron chi connectivity index (χ1n) is 3.75. The summed E-state index contributed by atoms with van der Waals surface area (Å²) in [6, 6.07) is 0. The fourth-order valence-corrected chi connectivity index (χ4v) is 1.55. The maximum absolute atomic E-state index is 8.80. The highest BCUT2D eigenvalue weighted by atomic mass is 16.3. The highest BCUT2D eigenvalue weighted by Crippen LogP contribution is 2.04. The molecule has 0 radical (unpaired) electrons. The van der Waals surface area contributed by atoms with Crippen molar-refractivity contribution in [3.05, 3.63) is 0 Å². The van der Waals surface area contributed by atoms with Gasteiger partial charge in [0.25, 0.3) is 0 Å². The Balaban J connectivity index is 2.23. The summed E-state index contributed by atoms with van der Waals surface area (Å²) in [4.78, 5) is 1.57. The molecule has 2 atom stereocenters. The van der Waals surface area contributed by atoms with Crippen molar-refractivity contribution in [3.63, 3.8) is 0 Å². The van der Waals surface area contributed by atoms with Crippen molar-refractivity contribution in [1.29, 1.82) is 0 Å². The molecule has 0 amide bonds. The Morgan fingerprint density at radius 2 is 2.44 bits per heavy atom. The molecule has 1 aliphatic rings. The van der Waals surface area contributed by atoms with E-state index in [1.807, 2.05) is 0 Å². The normalized spacial score (nSPS) is 36.7. The zero-order chi connectivity index (χ0) is 6.69. The predicted molar refractivity (Wildman–Crippen MR) is 36.4 cm³/mol. The Hall–Kier alpha value is -0.0800. The first-order valence-corrected chi connectivity index (χ1v) is 3.75. The van der Waals surface area contributed by atoms with Crippen LogP contribution in [-0.4, -0.2) is 31.9 Å². The SMILES string of the molecule is C[NH+]1CCCC(CO)C1. The second kappa shape index (κ2) is 3.18. The predicted octanol–water partition coefficient (Wildman–Crippen LogP) is -1.10. The minimum absolute atomic E-state index is 0.386. The van der Waals surface area contributed by atoms with Crippen LogP contribution in [0.2, 0.25) is 0 Å². The average molecular weight is 130 g/mol. The van der Waals surface area contributed by atoms with Crippen molar-refractivity contribution in [2.75, 3.05) is 26.7 Å². The molecule has 1 rings (SSSR count). The third kappa shape index (κ3) is 1.95. The standard InChI is InChI=1S/C7H15NO/c1-8-4-2-3-7(5-8)6-9/h7,9H,2-6H2,1H3/p+1. The van der Waals surface area contributed by atoms with E-state index in [1.54, 1.807) is 4.90 Å². The molecule has 0 aromatic heterocycles. The van der Waals surface area contributed by atoms with E-state index in [-0.39, 0.29) is 0 Å². The molecular weight excluding hydrogens is 114 g/mol. The molecule has 1 heterocycles. The van der Waals surface area contributed by atoms with Gasteiger partial charge in [0, 0.05) is 5.92 Å². The number of nitrogens with one attached hydrogen (secondary N) is 1. The Bertz CT molecular complexity index is 85.0. The van der Waals surface area contributed by atoms with E-state index in [9.17, 15) is 0 Å². The number of aliphatic hydroxyl groups excluding tert-OH is 1. The van der Waals surface area contributed by atoms with Crippen LogP contribution in [0.1, 0.15) is 12.8 Å². The average Bonchev–Trinajstić information content (AvgIpc) is 1.88. The van der Waals surface area contributed by atoms with Crippen LogP contribution in [-0.2, 0) is 0 Å². The molecule has 0 spiro atoms. The van der Waals surface area contributed by atoms with Gasteiger partial charge < -0.3 is 10.0 Å². The van der Waals surface area contributed by atoms with Gasteiger partial charge in [-0.3, -0.25) is 0 Å². The van der Waals surface area contributed by atoms with Gasteiger partial charge in [0.1, 0.15) is 0 Å². The van der Waals surface area contributed by atoms with Gasteiger partial charge in [-0.1, -0.05) is 0 Å². The monoisotopic (exact) mass is 130 g/mol. The zero-order valence-electron chi connectivity index (χ0n) is 6.06. The van der Waals surface area contributed by atoms with E-state index < -0.39 is 0 Å². The van der Waals surface area contributed by atoms with E-state index in [2.05, 4.69) is 7.05 Å². The number of aliphatic hydroxyl groups is 1. The van der Waals surface area contributed by atoms with E-state index in [0.29, 0.717) is 12.5 Å². The van der Waals surface area contributed by atoms with E-state index in [0.717, 1.165) is 6.54 Å². The molecule has 54 valence electrons. The second-order valence-electron chi connectivity index (χ2n) is 3.10. The lowest BCUT2D eigenvalue weighted by Gasteiger charge is -2.25. The minimum atomic E-state index is 0.386. The highest BCUT2D eigenvalue weighted by Gasteiger charge is 2.18. The van der Waals surface area contributed by atoms with Crippen LogP contribution < -0.4 is 4.90 Å². The molecule has 2 N–H and O–H groups in total. The maximum atomic E-state index is 8.80. The second-order valence-corrected chi connectivity index (χ2v) is 3.10. The highest BCUT2D eigenvalue weighted by molar-refractivity contribution is 4.58. The lowest BCUT2D eigenvalue weighted by molar-refractivity contribution is -0.888. The summed E-state index contributed by atoms with van der Waals surface area (Å²) in [5.41, 5.74) is 0. The van der Waals surface area contributed by atoms with Gasteiger partial charge in [0.2, 0.25) is 0 Å². The van der Waals surface area contributed by atoms with Crippen LogP contribution in [0.5, 0.6) is 0 Å². The Labute approximate surface area is 56.5 Å². The molecule has 0 aromatic rings. The topological polar surface area (TPSA) is 24.7 Å². The number of rotatable bonds is 1. The number of piperidine rings is 1. The molecule has 0 saturated carbocycles. The van der Waals surface area contributed by atoms with Crippen LogP contribution in [0.15, 0.2) is 0 Å². The van der Waals surface area contributed by atoms with Crippen molar-refractivity contribution >= 4 is 0 Å². The van der Waals surface area contributed by atoms with Crippen LogP contribution in [0, 0.1) is 5.92 Å². The first-order chi connectivity index (χ1) is 4.33. The van der Waals surface area contributed by atoms with E-state index in [1.165, 1.54) is 19.4 Å².